The predicted octanol–water partition coefficient (Wildman–Crippen LogP) is 4.19. The Kier molecular flexibility index (Phi) is 5.92. The highest BCUT2D eigenvalue weighted by molar-refractivity contribution is 6.26. The van der Waals surface area contributed by atoms with Gasteiger partial charge in [-0.1, -0.05) is 12.1 Å². The minimum absolute atomic E-state index is 0.00125. The van der Waals surface area contributed by atoms with E-state index in [1.807, 2.05) is 35.2 Å². The number of azo groups is 1. The van der Waals surface area contributed by atoms with Gasteiger partial charge in [-0.25, -0.2) is 0 Å². The number of carbonyl (C=O) groups excluding carboxylic acids is 2. The van der Waals surface area contributed by atoms with Crippen LogP contribution in [0.3, 0.4) is 0 Å². The van der Waals surface area contributed by atoms with Gasteiger partial charge >= 0.3 is 0 Å². The van der Waals surface area contributed by atoms with Crippen LogP contribution < -0.4 is 4.90 Å². The fourth-order valence-corrected chi connectivity index (χ4v) is 3.81. The van der Waals surface area contributed by atoms with Crippen molar-refractivity contribution < 1.29 is 14.7 Å². The first-order valence-corrected chi connectivity index (χ1v) is 10.2. The van der Waals surface area contributed by atoms with E-state index in [1.54, 1.807) is 24.3 Å². The molecule has 1 heterocycles. The van der Waals surface area contributed by atoms with Gasteiger partial charge in [0, 0.05) is 47.7 Å². The van der Waals surface area contributed by atoms with Crippen molar-refractivity contribution in [1.29, 1.82) is 5.26 Å². The highest BCUT2D eigenvalue weighted by Gasteiger charge is 2.30. The lowest BCUT2D eigenvalue weighted by molar-refractivity contribution is 0.0650. The summed E-state index contributed by atoms with van der Waals surface area (Å²) in [6, 6.07) is 18.2. The van der Waals surface area contributed by atoms with Crippen molar-refractivity contribution in [2.45, 2.75) is 6.42 Å². The first-order valence-electron chi connectivity index (χ1n) is 10.2. The van der Waals surface area contributed by atoms with Crippen LogP contribution in [0.4, 0.5) is 17.1 Å². The first-order chi connectivity index (χ1) is 15.5. The van der Waals surface area contributed by atoms with Gasteiger partial charge < -0.3 is 10.0 Å². The number of anilines is 1. The molecule has 1 N–H and O–H groups in total. The fraction of sp³-hybridized carbons (Fsp3) is 0.208. The number of hydrogen-bond donors (Lipinski definition) is 1. The van der Waals surface area contributed by atoms with Crippen LogP contribution in [0.15, 0.2) is 64.8 Å². The van der Waals surface area contributed by atoms with Gasteiger partial charge in [0.25, 0.3) is 11.8 Å². The normalized spacial score (nSPS) is 13.1. The van der Waals surface area contributed by atoms with Gasteiger partial charge in [0.1, 0.15) is 0 Å². The molecule has 0 radical (unpaired) electrons. The van der Waals surface area contributed by atoms with Crippen LogP contribution in [-0.4, -0.2) is 48.6 Å². The lowest BCUT2D eigenvalue weighted by Gasteiger charge is -2.23. The Labute approximate surface area is 185 Å². The summed E-state index contributed by atoms with van der Waals surface area (Å²) in [7, 11) is 1.48. The van der Waals surface area contributed by atoms with Crippen molar-refractivity contribution in [1.82, 2.24) is 4.90 Å². The molecule has 0 bridgehead atoms. The van der Waals surface area contributed by atoms with E-state index >= 15 is 0 Å². The van der Waals surface area contributed by atoms with E-state index in [9.17, 15) is 14.7 Å². The highest BCUT2D eigenvalue weighted by atomic mass is 16.3. The monoisotopic (exact) mass is 427 g/mol. The molecule has 0 saturated heterocycles. The van der Waals surface area contributed by atoms with E-state index < -0.39 is 0 Å². The van der Waals surface area contributed by atoms with E-state index in [0.29, 0.717) is 52.8 Å². The first kappa shape index (κ1) is 21.2. The van der Waals surface area contributed by atoms with E-state index in [1.165, 1.54) is 7.05 Å². The number of nitriles is 1. The summed E-state index contributed by atoms with van der Waals surface area (Å²) in [5.74, 6) is -0.664. The molecule has 32 heavy (non-hydrogen) atoms. The number of amides is 2. The van der Waals surface area contributed by atoms with Crippen molar-refractivity contribution in [3.8, 4) is 6.07 Å². The van der Waals surface area contributed by atoms with Gasteiger partial charge in [-0.05, 0) is 42.5 Å². The average molecular weight is 427 g/mol. The van der Waals surface area contributed by atoms with E-state index in [-0.39, 0.29) is 18.4 Å². The fourth-order valence-electron chi connectivity index (χ4n) is 3.81. The second-order valence-corrected chi connectivity index (χ2v) is 7.36. The van der Waals surface area contributed by atoms with Crippen molar-refractivity contribution >= 4 is 39.6 Å². The zero-order chi connectivity index (χ0) is 22.7. The van der Waals surface area contributed by atoms with Crippen LogP contribution in [0, 0.1) is 11.3 Å². The number of carbonyl (C=O) groups is 2. The van der Waals surface area contributed by atoms with Crippen molar-refractivity contribution in [3.63, 3.8) is 0 Å². The number of benzene rings is 3. The van der Waals surface area contributed by atoms with Crippen LogP contribution in [0.1, 0.15) is 27.1 Å². The maximum Gasteiger partial charge on any atom is 0.261 e. The number of hydrogen-bond acceptors (Lipinski definition) is 7. The maximum atomic E-state index is 12.5. The van der Waals surface area contributed by atoms with Crippen molar-refractivity contribution in [2.24, 2.45) is 10.2 Å². The molecule has 3 aromatic carbocycles. The number of rotatable bonds is 7. The SMILES string of the molecule is CN1C(=O)c2cccc3c(N=Nc4ccc(N(CCO)CCC#N)cc4)ccc(c23)C1=O. The highest BCUT2D eigenvalue weighted by Crippen LogP contribution is 2.36. The molecular weight excluding hydrogens is 406 g/mol. The molecule has 2 amide bonds. The quantitative estimate of drug-likeness (QED) is 0.449. The number of imide groups is 1. The van der Waals surface area contributed by atoms with Crippen LogP contribution >= 0.6 is 0 Å². The van der Waals surface area contributed by atoms with Gasteiger partial charge in [-0.15, -0.1) is 5.11 Å². The minimum Gasteiger partial charge on any atom is -0.395 e. The molecule has 0 saturated carbocycles. The van der Waals surface area contributed by atoms with Crippen molar-refractivity contribution in [3.05, 3.63) is 65.7 Å². The molecule has 0 atom stereocenters. The average Bonchev–Trinajstić information content (AvgIpc) is 2.83. The number of aliphatic hydroxyl groups is 1. The third kappa shape index (κ3) is 3.82. The third-order valence-electron chi connectivity index (χ3n) is 5.44. The number of aliphatic hydroxyl groups excluding tert-OH is 1. The summed E-state index contributed by atoms with van der Waals surface area (Å²) in [6.45, 7) is 0.972. The van der Waals surface area contributed by atoms with Crippen LogP contribution in [0.5, 0.6) is 0 Å². The summed E-state index contributed by atoms with van der Waals surface area (Å²) in [5.41, 5.74) is 3.03. The second kappa shape index (κ2) is 8.96. The molecule has 8 heteroatoms. The lowest BCUT2D eigenvalue weighted by atomic mass is 9.93. The van der Waals surface area contributed by atoms with E-state index in [2.05, 4.69) is 16.3 Å². The molecule has 0 aromatic heterocycles. The molecular formula is C24H21N5O3. The molecule has 1 aliphatic heterocycles. The minimum atomic E-state index is -0.332. The molecule has 3 aromatic rings. The molecule has 0 spiro atoms. The van der Waals surface area contributed by atoms with Gasteiger partial charge in [-0.2, -0.15) is 10.4 Å². The van der Waals surface area contributed by atoms with Crippen LogP contribution in [-0.2, 0) is 0 Å². The summed E-state index contributed by atoms with van der Waals surface area (Å²) >= 11 is 0. The van der Waals surface area contributed by atoms with E-state index in [0.717, 1.165) is 10.6 Å². The van der Waals surface area contributed by atoms with Gasteiger partial charge in [0.15, 0.2) is 0 Å². The van der Waals surface area contributed by atoms with Crippen molar-refractivity contribution in [2.75, 3.05) is 31.6 Å². The molecule has 8 nitrogen and oxygen atoms in total. The van der Waals surface area contributed by atoms with Gasteiger partial charge in [0.05, 0.1) is 30.5 Å². The Balaban J connectivity index is 1.64. The molecule has 160 valence electrons. The second-order valence-electron chi connectivity index (χ2n) is 7.36. The van der Waals surface area contributed by atoms with Gasteiger partial charge in [-0.3, -0.25) is 14.5 Å². The Morgan fingerprint density at radius 3 is 2.38 bits per heavy atom. The molecule has 4 rings (SSSR count). The summed E-state index contributed by atoms with van der Waals surface area (Å²) < 4.78 is 0. The standard InChI is InChI=1S/C24H21N5O3/c1-28-23(31)19-5-2-4-18-21(11-10-20(22(18)19)24(28)32)27-26-16-6-8-17(9-7-16)29(14-15-30)13-3-12-25/h2,4-11,30H,3,13-15H2,1H3. The topological polar surface area (TPSA) is 109 Å². The van der Waals surface area contributed by atoms with E-state index in [4.69, 9.17) is 5.26 Å². The van der Waals surface area contributed by atoms with Crippen LogP contribution in [0.2, 0.25) is 0 Å². The Bertz CT molecular complexity index is 1240. The molecule has 0 fully saturated rings. The van der Waals surface area contributed by atoms with Crippen LogP contribution in [0.25, 0.3) is 10.8 Å². The Morgan fingerprint density at radius 2 is 1.69 bits per heavy atom. The maximum absolute atomic E-state index is 12.5. The molecule has 0 unspecified atom stereocenters. The zero-order valence-electron chi connectivity index (χ0n) is 17.5. The largest absolute Gasteiger partial charge is 0.395 e. The third-order valence-corrected chi connectivity index (χ3v) is 5.44. The summed E-state index contributed by atoms with van der Waals surface area (Å²) in [4.78, 5) is 28.1. The molecule has 1 aliphatic rings. The Hall–Kier alpha value is -4.09. The van der Waals surface area contributed by atoms with Gasteiger partial charge in [0.2, 0.25) is 0 Å². The molecule has 0 aliphatic carbocycles. The smallest absolute Gasteiger partial charge is 0.261 e. The summed E-state index contributed by atoms with van der Waals surface area (Å²) in [5, 5.41) is 28.1. The zero-order valence-corrected chi connectivity index (χ0v) is 17.5. The lowest BCUT2D eigenvalue weighted by Crippen LogP contribution is -2.36. The predicted molar refractivity (Wildman–Crippen MR) is 121 cm³/mol. The number of nitrogens with zero attached hydrogens (tertiary/aromatic N) is 5. The summed E-state index contributed by atoms with van der Waals surface area (Å²) in [6.07, 6.45) is 0.368. The Morgan fingerprint density at radius 1 is 0.969 bits per heavy atom.